The fourth-order valence-electron chi connectivity index (χ4n) is 3.65. The summed E-state index contributed by atoms with van der Waals surface area (Å²) in [6, 6.07) is 9.65. The molecule has 0 aromatic heterocycles. The molecule has 0 atom stereocenters. The van der Waals surface area contributed by atoms with Crippen LogP contribution in [0.3, 0.4) is 0 Å². The Morgan fingerprint density at radius 3 is 1.25 bits per heavy atom. The molecule has 0 bridgehead atoms. The zero-order valence-electron chi connectivity index (χ0n) is 17.9. The number of benzene rings is 1. The van der Waals surface area contributed by atoms with Crippen LogP contribution >= 0.6 is 0 Å². The Kier molecular flexibility index (Phi) is 9.38. The highest BCUT2D eigenvalue weighted by Crippen LogP contribution is 2.25. The average Bonchev–Trinajstić information content (AvgIpc) is 2.65. The summed E-state index contributed by atoms with van der Waals surface area (Å²) in [5, 5.41) is 44.0. The van der Waals surface area contributed by atoms with E-state index < -0.39 is 8.07 Å². The molecule has 1 rings (SSSR count). The summed E-state index contributed by atoms with van der Waals surface area (Å²) in [5.41, 5.74) is 0. The molecule has 0 unspecified atom stereocenters. The second-order valence-electron chi connectivity index (χ2n) is 8.55. The third-order valence-electron chi connectivity index (χ3n) is 4.67. The topological polar surface area (TPSA) is 97.8 Å². The van der Waals surface area contributed by atoms with Crippen LogP contribution in [0.4, 0.5) is 0 Å². The molecule has 0 amide bonds. The minimum Gasteiger partial charge on any atom is -0.411 e. The largest absolute Gasteiger partial charge is 0.411 e. The van der Waals surface area contributed by atoms with Gasteiger partial charge >= 0.3 is 0 Å². The van der Waals surface area contributed by atoms with Gasteiger partial charge < -0.3 is 15.6 Å². The molecule has 1 aromatic carbocycles. The summed E-state index contributed by atoms with van der Waals surface area (Å²) in [7, 11) is -3.25. The van der Waals surface area contributed by atoms with E-state index in [0.717, 1.165) is 5.19 Å². The lowest BCUT2D eigenvalue weighted by atomic mass is 10.1. The molecule has 0 heterocycles. The van der Waals surface area contributed by atoms with Gasteiger partial charge in [0.2, 0.25) is 8.07 Å². The third-order valence-corrected chi connectivity index (χ3v) is 9.38. The van der Waals surface area contributed by atoms with Crippen molar-refractivity contribution >= 4 is 29.3 Å². The predicted octanol–water partition coefficient (Wildman–Crippen LogP) is 4.59. The number of oxime groups is 3. The fraction of sp³-hybridized carbons (Fsp3) is 0.571. The Balaban J connectivity index is 3.96. The second-order valence-corrected chi connectivity index (χ2v) is 12.4. The first-order chi connectivity index (χ1) is 13.2. The SMILES string of the molecule is CC(C)CC(=NO)[Si](C(CC(C)C)=NO)(C(CC(C)C)=NO)c1ccccc1. The maximum absolute atomic E-state index is 10.1. The molecular formula is C21H35N3O3Si. The van der Waals surface area contributed by atoms with E-state index in [9.17, 15) is 15.6 Å². The van der Waals surface area contributed by atoms with E-state index in [2.05, 4.69) is 15.5 Å². The highest BCUT2D eigenvalue weighted by Gasteiger charge is 2.52. The van der Waals surface area contributed by atoms with Crippen molar-refractivity contribution in [1.29, 1.82) is 0 Å². The molecule has 0 saturated carbocycles. The Morgan fingerprint density at radius 2 is 1.00 bits per heavy atom. The van der Waals surface area contributed by atoms with Gasteiger partial charge in [-0.1, -0.05) is 71.9 Å². The van der Waals surface area contributed by atoms with E-state index >= 15 is 0 Å². The summed E-state index contributed by atoms with van der Waals surface area (Å²) in [5.74, 6) is 0.665. The molecule has 0 aliphatic heterocycles. The molecule has 7 heteroatoms. The molecule has 0 aliphatic carbocycles. The van der Waals surface area contributed by atoms with Crippen LogP contribution in [0.5, 0.6) is 0 Å². The van der Waals surface area contributed by atoms with Crippen LogP contribution in [-0.2, 0) is 0 Å². The number of hydrogen-bond acceptors (Lipinski definition) is 6. The summed E-state index contributed by atoms with van der Waals surface area (Å²) < 4.78 is 0. The van der Waals surface area contributed by atoms with E-state index in [1.807, 2.05) is 71.9 Å². The van der Waals surface area contributed by atoms with Crippen molar-refractivity contribution in [2.24, 2.45) is 33.2 Å². The molecule has 6 nitrogen and oxygen atoms in total. The maximum atomic E-state index is 10.1. The van der Waals surface area contributed by atoms with Crippen LogP contribution in [0.1, 0.15) is 60.8 Å². The van der Waals surface area contributed by atoms with Crippen LogP contribution in [0.25, 0.3) is 0 Å². The van der Waals surface area contributed by atoms with Crippen molar-refractivity contribution in [3.63, 3.8) is 0 Å². The zero-order valence-corrected chi connectivity index (χ0v) is 18.9. The number of rotatable bonds is 10. The number of hydrogen-bond donors (Lipinski definition) is 3. The van der Waals surface area contributed by atoms with Crippen LogP contribution in [0, 0.1) is 17.8 Å². The molecule has 3 N–H and O–H groups in total. The van der Waals surface area contributed by atoms with E-state index in [1.54, 1.807) is 0 Å². The smallest absolute Gasteiger partial charge is 0.241 e. The van der Waals surface area contributed by atoms with Crippen LogP contribution < -0.4 is 5.19 Å². The molecule has 0 fully saturated rings. The molecule has 1 aromatic rings. The lowest BCUT2D eigenvalue weighted by molar-refractivity contribution is 0.315. The van der Waals surface area contributed by atoms with Crippen molar-refractivity contribution in [1.82, 2.24) is 0 Å². The maximum Gasteiger partial charge on any atom is 0.241 e. The fourth-order valence-corrected chi connectivity index (χ4v) is 8.94. The summed E-state index contributed by atoms with van der Waals surface area (Å²) in [6.45, 7) is 12.3. The van der Waals surface area contributed by atoms with Crippen molar-refractivity contribution in [3.05, 3.63) is 30.3 Å². The first kappa shape index (κ1) is 23.9. The van der Waals surface area contributed by atoms with Gasteiger partial charge in [0.1, 0.15) is 0 Å². The zero-order chi connectivity index (χ0) is 21.3. The van der Waals surface area contributed by atoms with E-state index in [-0.39, 0.29) is 17.8 Å². The average molecular weight is 406 g/mol. The molecule has 0 aliphatic rings. The van der Waals surface area contributed by atoms with Gasteiger partial charge in [-0.2, -0.15) is 0 Å². The van der Waals surface area contributed by atoms with Crippen molar-refractivity contribution in [2.45, 2.75) is 60.8 Å². The third kappa shape index (κ3) is 5.44. The molecule has 156 valence electrons. The first-order valence-corrected chi connectivity index (χ1v) is 11.9. The van der Waals surface area contributed by atoms with Crippen LogP contribution in [0.15, 0.2) is 45.8 Å². The lowest BCUT2D eigenvalue weighted by Gasteiger charge is -2.35. The van der Waals surface area contributed by atoms with Crippen LogP contribution in [0.2, 0.25) is 0 Å². The Bertz CT molecular complexity index is 634. The highest BCUT2D eigenvalue weighted by atomic mass is 28.3. The van der Waals surface area contributed by atoms with Gasteiger partial charge in [0.25, 0.3) is 0 Å². The van der Waals surface area contributed by atoms with Crippen LogP contribution in [-0.4, -0.2) is 39.7 Å². The van der Waals surface area contributed by atoms with Crippen molar-refractivity contribution < 1.29 is 15.6 Å². The Hall–Kier alpha value is -2.15. The molecular weight excluding hydrogens is 370 g/mol. The second kappa shape index (κ2) is 11.0. The monoisotopic (exact) mass is 405 g/mol. The molecule has 0 radical (unpaired) electrons. The molecule has 0 saturated heterocycles. The van der Waals surface area contributed by atoms with Gasteiger partial charge in [-0.15, -0.1) is 15.5 Å². The Morgan fingerprint density at radius 1 is 0.679 bits per heavy atom. The molecule has 28 heavy (non-hydrogen) atoms. The number of nitrogens with zero attached hydrogens (tertiary/aromatic N) is 3. The summed E-state index contributed by atoms with van der Waals surface area (Å²) >= 11 is 0. The van der Waals surface area contributed by atoms with Gasteiger partial charge in [-0.3, -0.25) is 0 Å². The van der Waals surface area contributed by atoms with E-state index in [4.69, 9.17) is 0 Å². The molecule has 0 spiro atoms. The Labute approximate surface area is 169 Å². The minimum atomic E-state index is -3.25. The van der Waals surface area contributed by atoms with Gasteiger partial charge in [0.05, 0.1) is 16.0 Å². The summed E-state index contributed by atoms with van der Waals surface area (Å²) in [4.78, 5) is 0. The van der Waals surface area contributed by atoms with Gasteiger partial charge in [-0.05, 0) is 42.2 Å². The quantitative estimate of drug-likeness (QED) is 0.230. The standard InChI is InChI=1S/C21H35N3O3Si/c1-15(2)12-19(22-25)28(18-10-8-7-9-11-18,20(23-26)13-16(3)4)21(24-27)14-17(5)6/h7-11,15-17,25-27H,12-14H2,1-6H3. The first-order valence-electron chi connectivity index (χ1n) is 9.93. The van der Waals surface area contributed by atoms with Gasteiger partial charge in [0, 0.05) is 0 Å². The lowest BCUT2D eigenvalue weighted by Crippen LogP contribution is -2.69. The van der Waals surface area contributed by atoms with Crippen molar-refractivity contribution in [2.75, 3.05) is 0 Å². The predicted molar refractivity (Wildman–Crippen MR) is 118 cm³/mol. The summed E-state index contributed by atoms with van der Waals surface area (Å²) in [6.07, 6.45) is 1.56. The van der Waals surface area contributed by atoms with E-state index in [0.29, 0.717) is 35.3 Å². The minimum absolute atomic E-state index is 0.222. The van der Waals surface area contributed by atoms with Crippen molar-refractivity contribution in [3.8, 4) is 0 Å². The highest BCUT2D eigenvalue weighted by molar-refractivity contribution is 7.48. The normalized spacial score (nSPS) is 16.1. The van der Waals surface area contributed by atoms with E-state index in [1.165, 1.54) is 0 Å². The van der Waals surface area contributed by atoms with Gasteiger partial charge in [-0.25, -0.2) is 0 Å². The van der Waals surface area contributed by atoms with Gasteiger partial charge in [0.15, 0.2) is 0 Å².